The number of rotatable bonds is 16. The summed E-state index contributed by atoms with van der Waals surface area (Å²) in [6.45, 7) is 2.26. The number of nitrogen functional groups attached to an aromatic ring is 1. The van der Waals surface area contributed by atoms with Crippen LogP contribution in [0.25, 0.3) is 0 Å². The van der Waals surface area contributed by atoms with Crippen molar-refractivity contribution >= 4 is 17.6 Å². The van der Waals surface area contributed by atoms with Gasteiger partial charge in [0.05, 0.1) is 5.56 Å². The van der Waals surface area contributed by atoms with Crippen molar-refractivity contribution in [1.82, 2.24) is 0 Å². The molecule has 32 heavy (non-hydrogen) atoms. The molecule has 0 unspecified atom stereocenters. The van der Waals surface area contributed by atoms with Gasteiger partial charge in [-0.15, -0.1) is 0 Å². The second kappa shape index (κ2) is 27.1. The summed E-state index contributed by atoms with van der Waals surface area (Å²) < 4.78 is 0. The Labute approximate surface area is 249 Å². The molecule has 5 nitrogen and oxygen atoms in total. The molecule has 183 valence electrons. The number of carboxylic acid groups (broad SMARTS) is 2. The third kappa shape index (κ3) is 24.5. The summed E-state index contributed by atoms with van der Waals surface area (Å²) in [5.74, 6) is -1.65. The number of para-hydroxylation sites is 1. The maximum atomic E-state index is 10.3. The van der Waals surface area contributed by atoms with Crippen molar-refractivity contribution in [2.24, 2.45) is 0 Å². The molecule has 1 aromatic carbocycles. The summed E-state index contributed by atoms with van der Waals surface area (Å²) in [5, 5.41) is 17.0. The van der Waals surface area contributed by atoms with Crippen LogP contribution < -0.4 is 57.1 Å². The van der Waals surface area contributed by atoms with Gasteiger partial charge in [0.1, 0.15) is 0 Å². The van der Waals surface area contributed by atoms with Crippen molar-refractivity contribution in [3.63, 3.8) is 0 Å². The summed E-state index contributed by atoms with van der Waals surface area (Å²) in [6.07, 6.45) is 21.2. The molecule has 0 aliphatic heterocycles. The normalized spacial score (nSPS) is 9.91. The summed E-state index contributed by atoms with van der Waals surface area (Å²) in [7, 11) is 0. The number of hydrogen-bond acceptors (Lipinski definition) is 3. The van der Waals surface area contributed by atoms with E-state index < -0.39 is 11.9 Å². The molecule has 0 heterocycles. The van der Waals surface area contributed by atoms with Gasteiger partial charge in [-0.05, 0) is 44.2 Å². The summed E-state index contributed by atoms with van der Waals surface area (Å²) >= 11 is 0. The van der Waals surface area contributed by atoms with Crippen LogP contribution in [0.2, 0.25) is 0 Å². The second-order valence-corrected chi connectivity index (χ2v) is 7.62. The van der Waals surface area contributed by atoms with E-state index in [0.29, 0.717) is 12.1 Å². The average Bonchev–Trinajstić information content (AvgIpc) is 2.71. The zero-order chi connectivity index (χ0) is 22.5. The first-order valence-electron chi connectivity index (χ1n) is 11.4. The van der Waals surface area contributed by atoms with E-state index in [1.165, 1.54) is 76.7 Å². The monoisotopic (exact) mass is 522 g/mol. The Morgan fingerprint density at radius 1 is 0.844 bits per heavy atom. The van der Waals surface area contributed by atoms with E-state index in [4.69, 9.17) is 15.9 Å². The van der Waals surface area contributed by atoms with E-state index in [9.17, 15) is 9.59 Å². The van der Waals surface area contributed by atoms with Crippen molar-refractivity contribution in [3.8, 4) is 0 Å². The number of carbonyl (C=O) groups is 2. The van der Waals surface area contributed by atoms with Gasteiger partial charge in [-0.25, -0.2) is 4.79 Å². The van der Waals surface area contributed by atoms with Gasteiger partial charge in [-0.3, -0.25) is 4.79 Å². The predicted molar refractivity (Wildman–Crippen MR) is 126 cm³/mol. The predicted octanol–water partition coefficient (Wildman–Crippen LogP) is 4.19. The number of anilines is 1. The van der Waals surface area contributed by atoms with E-state index in [2.05, 4.69) is 19.1 Å². The number of aromatic carboxylic acids is 1. The minimum atomic E-state index is -0.988. The third-order valence-corrected chi connectivity index (χ3v) is 4.84. The molecule has 0 aliphatic carbocycles. The van der Waals surface area contributed by atoms with Crippen molar-refractivity contribution in [1.29, 1.82) is 0 Å². The quantitative estimate of drug-likeness (QED) is 0.131. The Balaban J connectivity index is -0.000000275. The zero-order valence-electron chi connectivity index (χ0n) is 21.0. The molecule has 4 N–H and O–H groups in total. The fraction of sp³-hybridized carbons (Fsp3) is 0.600. The Morgan fingerprint density at radius 2 is 1.31 bits per heavy atom. The van der Waals surface area contributed by atoms with Gasteiger partial charge in [0.2, 0.25) is 0 Å². The molecule has 0 saturated heterocycles. The van der Waals surface area contributed by atoms with Crippen LogP contribution in [0.3, 0.4) is 0 Å². The van der Waals surface area contributed by atoms with Crippen LogP contribution in [0, 0.1) is 0 Å². The van der Waals surface area contributed by atoms with Crippen molar-refractivity contribution in [2.75, 3.05) is 5.73 Å². The molecule has 0 saturated carbocycles. The van der Waals surface area contributed by atoms with E-state index in [1.807, 2.05) is 0 Å². The third-order valence-electron chi connectivity index (χ3n) is 4.84. The van der Waals surface area contributed by atoms with E-state index in [1.54, 1.807) is 18.2 Å². The van der Waals surface area contributed by atoms with E-state index >= 15 is 0 Å². The Morgan fingerprint density at radius 3 is 1.75 bits per heavy atom. The standard InChI is InChI=1S/C18H34O2.C7H7NO2.Cu.K.H/c1-2-3-4-5-6-7-8-9-10-11-12-13-14-15-16-17-18(19)20;8-6-4-2-1-3-5(6)7(9)10;;;/h9-10H,2-8,11-17H2,1H3,(H,19,20);1-4H,8H2,(H,9,10);;;/q;;;+1;-1. The van der Waals surface area contributed by atoms with Gasteiger partial charge in [0.25, 0.3) is 0 Å². The Bertz CT molecular complexity index is 618. The van der Waals surface area contributed by atoms with Gasteiger partial charge < -0.3 is 17.4 Å². The molecule has 0 aromatic heterocycles. The second-order valence-electron chi connectivity index (χ2n) is 7.62. The van der Waals surface area contributed by atoms with E-state index in [-0.39, 0.29) is 75.4 Å². The zero-order valence-corrected chi connectivity index (χ0v) is 24.0. The first kappa shape index (κ1) is 36.4. The number of nitrogens with two attached hydrogens (primary N) is 1. The molecule has 7 heteroatoms. The smallest absolute Gasteiger partial charge is 1.00 e. The molecular formula is C25H42CuKNO4. The number of aliphatic carboxylic acids is 1. The maximum Gasteiger partial charge on any atom is 1.00 e. The number of allylic oxidation sites excluding steroid dienone is 2. The van der Waals surface area contributed by atoms with Crippen LogP contribution in [-0.2, 0) is 21.9 Å². The number of carboxylic acids is 2. The molecule has 0 atom stereocenters. The molecule has 0 spiro atoms. The van der Waals surface area contributed by atoms with E-state index in [0.717, 1.165) is 12.8 Å². The van der Waals surface area contributed by atoms with Crippen molar-refractivity contribution in [2.45, 2.75) is 96.8 Å². The first-order valence-corrected chi connectivity index (χ1v) is 11.4. The molecule has 0 aliphatic rings. The molecule has 1 radical (unpaired) electrons. The molecule has 0 bridgehead atoms. The van der Waals surface area contributed by atoms with Gasteiger partial charge in [-0.2, -0.15) is 0 Å². The van der Waals surface area contributed by atoms with Crippen molar-refractivity contribution in [3.05, 3.63) is 42.0 Å². The number of benzene rings is 1. The van der Waals surface area contributed by atoms with Crippen molar-refractivity contribution < 1.29 is 89.7 Å². The molecule has 1 aromatic rings. The molecule has 1 rings (SSSR count). The van der Waals surface area contributed by atoms with Crippen LogP contribution in [0.4, 0.5) is 5.69 Å². The van der Waals surface area contributed by atoms with Gasteiger partial charge in [0, 0.05) is 29.2 Å². The van der Waals surface area contributed by atoms with Crippen LogP contribution >= 0.6 is 0 Å². The minimum Gasteiger partial charge on any atom is -1.00 e. The van der Waals surface area contributed by atoms with Gasteiger partial charge in [-0.1, -0.05) is 82.6 Å². The van der Waals surface area contributed by atoms with Crippen LogP contribution in [0.1, 0.15) is 109 Å². The van der Waals surface area contributed by atoms with Gasteiger partial charge >= 0.3 is 63.3 Å². The Hall–Kier alpha value is -0.144. The SMILES string of the molecule is CCCCCCCCC=CCCCCCCCC(=O)O.Nc1ccccc1C(=O)O.[Cu].[H-].[K+]. The minimum absolute atomic E-state index is 0. The summed E-state index contributed by atoms with van der Waals surface area (Å²) in [4.78, 5) is 20.7. The molecular weight excluding hydrogens is 481 g/mol. The van der Waals surface area contributed by atoms with Crippen LogP contribution in [-0.4, -0.2) is 22.2 Å². The van der Waals surface area contributed by atoms with Crippen LogP contribution in [0.15, 0.2) is 36.4 Å². The molecule has 0 amide bonds. The average molecular weight is 523 g/mol. The fourth-order valence-corrected chi connectivity index (χ4v) is 3.04. The summed E-state index contributed by atoms with van der Waals surface area (Å²) in [6, 6.07) is 6.36. The van der Waals surface area contributed by atoms with Gasteiger partial charge in [0.15, 0.2) is 0 Å². The summed E-state index contributed by atoms with van der Waals surface area (Å²) in [5.41, 5.74) is 5.80. The Kier molecular flexibility index (Phi) is 30.9. The molecule has 0 fully saturated rings. The largest absolute Gasteiger partial charge is 1.00 e. The van der Waals surface area contributed by atoms with Crippen LogP contribution in [0.5, 0.6) is 0 Å². The number of unbranched alkanes of at least 4 members (excludes halogenated alkanes) is 11. The topological polar surface area (TPSA) is 101 Å². The maximum absolute atomic E-state index is 10.3. The number of hydrogen-bond donors (Lipinski definition) is 3. The fourth-order valence-electron chi connectivity index (χ4n) is 3.04. The first-order chi connectivity index (χ1) is 14.5.